The number of aromatic nitrogens is 3. The van der Waals surface area contributed by atoms with Crippen molar-refractivity contribution in [3.05, 3.63) is 17.1 Å². The number of hydrogen-bond donors (Lipinski definition) is 2. The number of aliphatic hydroxyl groups is 1. The molecule has 2 aromatic rings. The molecule has 44 heavy (non-hydrogen) atoms. The highest BCUT2D eigenvalue weighted by atomic mass is 32.2. The number of hydrogen-bond acceptors (Lipinski definition) is 13. The zero-order chi connectivity index (χ0) is 31.2. The summed E-state index contributed by atoms with van der Waals surface area (Å²) in [5.74, 6) is 1.41. The van der Waals surface area contributed by atoms with Crippen LogP contribution in [0.1, 0.15) is 37.0 Å². The van der Waals surface area contributed by atoms with Crippen molar-refractivity contribution < 1.29 is 21.9 Å². The van der Waals surface area contributed by atoms with Crippen LogP contribution >= 0.6 is 11.3 Å². The van der Waals surface area contributed by atoms with Crippen molar-refractivity contribution in [2.75, 3.05) is 67.7 Å². The summed E-state index contributed by atoms with van der Waals surface area (Å²) >= 11 is 1.32. The van der Waals surface area contributed by atoms with Gasteiger partial charge in [-0.3, -0.25) is 0 Å². The number of nitriles is 1. The number of rotatable bonds is 9. The van der Waals surface area contributed by atoms with Crippen LogP contribution in [-0.2, 0) is 26.8 Å². The Morgan fingerprint density at radius 1 is 1.09 bits per heavy atom. The summed E-state index contributed by atoms with van der Waals surface area (Å²) in [5, 5.41) is 22.5. The van der Waals surface area contributed by atoms with Gasteiger partial charge in [0.15, 0.2) is 5.13 Å². The fraction of sp³-hybridized carbons (Fsp3) is 0.692. The monoisotopic (exact) mass is 666 g/mol. The molecule has 0 saturated carbocycles. The van der Waals surface area contributed by atoms with E-state index in [0.29, 0.717) is 66.6 Å². The zero-order valence-electron chi connectivity index (χ0n) is 24.8. The zero-order valence-corrected chi connectivity index (χ0v) is 27.2. The lowest BCUT2D eigenvalue weighted by atomic mass is 9.83. The average Bonchev–Trinajstić information content (AvgIpc) is 3.42. The maximum atomic E-state index is 13.6. The molecule has 4 fully saturated rings. The highest BCUT2D eigenvalue weighted by molar-refractivity contribution is 7.88. The van der Waals surface area contributed by atoms with Crippen LogP contribution in [0.3, 0.4) is 0 Å². The minimum Gasteiger partial charge on any atom is -0.391 e. The van der Waals surface area contributed by atoms with Crippen molar-refractivity contribution in [2.45, 2.75) is 56.8 Å². The van der Waals surface area contributed by atoms with Crippen LogP contribution in [0.2, 0.25) is 0 Å². The van der Waals surface area contributed by atoms with E-state index in [2.05, 4.69) is 16.4 Å². The maximum absolute atomic E-state index is 13.6. The number of piperidine rings is 2. The first-order valence-electron chi connectivity index (χ1n) is 14.8. The SMILES string of the molecule is CN(c1nc(Nc2ncc(CO)s2)cc(N2CCN(S(C)(=O)=O)CC2)n1)[C@@H]1C[C@H]2CCC[C@@H](C1)N2S(=O)(=O)N1CC(C#N)C1. The lowest BCUT2D eigenvalue weighted by Crippen LogP contribution is -2.64. The third kappa shape index (κ3) is 6.23. The topological polar surface area (TPSA) is 179 Å². The second-order valence-corrected chi connectivity index (χ2v) is 16.9. The summed E-state index contributed by atoms with van der Waals surface area (Å²) in [7, 11) is -4.99. The molecule has 0 aromatic carbocycles. The minimum atomic E-state index is -3.64. The average molecular weight is 667 g/mol. The number of nitrogens with zero attached hydrogens (tertiary/aromatic N) is 9. The van der Waals surface area contributed by atoms with Gasteiger partial charge in [-0.05, 0) is 25.7 Å². The van der Waals surface area contributed by atoms with Crippen molar-refractivity contribution in [3.8, 4) is 6.07 Å². The lowest BCUT2D eigenvalue weighted by Gasteiger charge is -2.51. The molecule has 0 spiro atoms. The second kappa shape index (κ2) is 12.3. The van der Waals surface area contributed by atoms with Crippen molar-refractivity contribution in [1.82, 2.24) is 27.9 Å². The summed E-state index contributed by atoms with van der Waals surface area (Å²) in [6.07, 6.45) is 6.64. The third-order valence-electron chi connectivity index (χ3n) is 9.05. The molecule has 4 aliphatic heterocycles. The smallest absolute Gasteiger partial charge is 0.282 e. The fourth-order valence-electron chi connectivity index (χ4n) is 6.61. The van der Waals surface area contributed by atoms with Crippen molar-refractivity contribution in [1.29, 1.82) is 5.26 Å². The van der Waals surface area contributed by atoms with Gasteiger partial charge >= 0.3 is 0 Å². The van der Waals surface area contributed by atoms with Gasteiger partial charge in [-0.25, -0.2) is 13.4 Å². The summed E-state index contributed by atoms with van der Waals surface area (Å²) < 4.78 is 55.9. The van der Waals surface area contributed by atoms with Gasteiger partial charge in [0.2, 0.25) is 16.0 Å². The van der Waals surface area contributed by atoms with Gasteiger partial charge in [0.1, 0.15) is 11.6 Å². The molecule has 4 saturated heterocycles. The minimum absolute atomic E-state index is 0.00559. The summed E-state index contributed by atoms with van der Waals surface area (Å²) in [6, 6.07) is 3.70. The van der Waals surface area contributed by atoms with Crippen LogP contribution in [0.15, 0.2) is 12.3 Å². The Bertz CT molecular complexity index is 1600. The number of sulfonamides is 1. The standard InChI is InChI=1S/C26H38N10O5S3/c1-32(21-10-19-4-3-5-20(11-21)36(19)44(40,41)35-15-18(13-27)16-35)25-29-23(30-26-28-14-22(17-37)42-26)12-24(31-25)33-6-8-34(9-7-33)43(2,38)39/h12,14,18-21,37H,3-11,15-17H2,1-2H3,(H,28,29,30,31)/t19-,20+,21-. The van der Waals surface area contributed by atoms with Gasteiger partial charge in [-0.15, -0.1) is 0 Å². The molecule has 15 nitrogen and oxygen atoms in total. The predicted octanol–water partition coefficient (Wildman–Crippen LogP) is 0.772. The summed E-state index contributed by atoms with van der Waals surface area (Å²) in [5.41, 5.74) is 0. The molecule has 240 valence electrons. The van der Waals surface area contributed by atoms with E-state index in [4.69, 9.17) is 15.2 Å². The predicted molar refractivity (Wildman–Crippen MR) is 166 cm³/mol. The molecule has 3 atom stereocenters. The van der Waals surface area contributed by atoms with E-state index >= 15 is 0 Å². The van der Waals surface area contributed by atoms with Crippen LogP contribution in [-0.4, -0.2) is 121 Å². The Balaban J connectivity index is 1.24. The Morgan fingerprint density at radius 2 is 1.77 bits per heavy atom. The largest absolute Gasteiger partial charge is 0.391 e. The van der Waals surface area contributed by atoms with E-state index in [1.807, 2.05) is 22.9 Å². The third-order valence-corrected chi connectivity index (χ3v) is 13.3. The summed E-state index contributed by atoms with van der Waals surface area (Å²) in [4.78, 5) is 18.9. The van der Waals surface area contributed by atoms with Crippen LogP contribution < -0.4 is 15.1 Å². The second-order valence-electron chi connectivity index (χ2n) is 11.9. The van der Waals surface area contributed by atoms with E-state index in [1.165, 1.54) is 26.2 Å². The highest BCUT2D eigenvalue weighted by Gasteiger charge is 2.50. The number of aliphatic hydroxyl groups excluding tert-OH is 1. The van der Waals surface area contributed by atoms with E-state index < -0.39 is 20.2 Å². The molecule has 2 N–H and O–H groups in total. The first-order chi connectivity index (χ1) is 21.0. The van der Waals surface area contributed by atoms with Gasteiger partial charge < -0.3 is 20.2 Å². The van der Waals surface area contributed by atoms with Crippen molar-refractivity contribution >= 4 is 54.3 Å². The fourth-order valence-corrected chi connectivity index (χ4v) is 10.3. The van der Waals surface area contributed by atoms with Gasteiger partial charge in [0.25, 0.3) is 10.2 Å². The number of thiazole rings is 1. The van der Waals surface area contributed by atoms with Gasteiger partial charge in [0.05, 0.1) is 29.7 Å². The van der Waals surface area contributed by atoms with Gasteiger partial charge in [-0.1, -0.05) is 17.8 Å². The first kappa shape index (κ1) is 31.3. The molecule has 0 radical (unpaired) electrons. The van der Waals surface area contributed by atoms with Crippen LogP contribution in [0.25, 0.3) is 0 Å². The molecule has 4 aliphatic rings. The molecule has 18 heteroatoms. The van der Waals surface area contributed by atoms with E-state index in [-0.39, 0.29) is 43.7 Å². The molecule has 6 rings (SSSR count). The van der Waals surface area contributed by atoms with Crippen molar-refractivity contribution in [2.24, 2.45) is 5.92 Å². The van der Waals surface area contributed by atoms with Gasteiger partial charge in [0, 0.05) is 76.7 Å². The van der Waals surface area contributed by atoms with E-state index in [0.717, 1.165) is 19.3 Å². The highest BCUT2D eigenvalue weighted by Crippen LogP contribution is 2.40. The van der Waals surface area contributed by atoms with E-state index in [1.54, 1.807) is 10.5 Å². The van der Waals surface area contributed by atoms with Gasteiger partial charge in [-0.2, -0.15) is 36.6 Å². The number of fused-ring (bicyclic) bond motifs is 2. The molecule has 0 amide bonds. The summed E-state index contributed by atoms with van der Waals surface area (Å²) in [6.45, 7) is 2.06. The molecular formula is C26H38N10O5S3. The Kier molecular flexibility index (Phi) is 8.73. The van der Waals surface area contributed by atoms with E-state index in [9.17, 15) is 21.9 Å². The number of nitrogens with one attached hydrogen (secondary N) is 1. The molecule has 0 unspecified atom stereocenters. The Morgan fingerprint density at radius 3 is 2.36 bits per heavy atom. The lowest BCUT2D eigenvalue weighted by molar-refractivity contribution is 0.0930. The molecular weight excluding hydrogens is 629 g/mol. The first-order valence-corrected chi connectivity index (χ1v) is 18.8. The molecule has 2 bridgehead atoms. The van der Waals surface area contributed by atoms with Crippen LogP contribution in [0.4, 0.5) is 22.7 Å². The van der Waals surface area contributed by atoms with Crippen LogP contribution in [0.5, 0.6) is 0 Å². The Labute approximate surface area is 262 Å². The number of piperazine rings is 1. The van der Waals surface area contributed by atoms with Crippen LogP contribution in [0, 0.1) is 17.2 Å². The normalized spacial score (nSPS) is 25.8. The van der Waals surface area contributed by atoms with Crippen molar-refractivity contribution in [3.63, 3.8) is 0 Å². The Hall–Kier alpha value is -2.66. The number of anilines is 4. The quantitative estimate of drug-likeness (QED) is 0.385. The molecule has 2 aromatic heterocycles. The maximum Gasteiger partial charge on any atom is 0.282 e. The molecule has 0 aliphatic carbocycles. The molecule has 6 heterocycles.